The molecule has 0 radical (unpaired) electrons. The quantitative estimate of drug-likeness (QED) is 0.543. The Bertz CT molecular complexity index is 1130. The van der Waals surface area contributed by atoms with Crippen molar-refractivity contribution in [1.82, 2.24) is 9.80 Å². The van der Waals surface area contributed by atoms with Gasteiger partial charge in [0.2, 0.25) is 0 Å². The second-order valence-corrected chi connectivity index (χ2v) is 7.79. The zero-order valence-corrected chi connectivity index (χ0v) is 14.7. The number of hydrogen-bond acceptors (Lipinski definition) is 7. The Hall–Kier alpha value is -3.11. The minimum atomic E-state index is -4.62. The smallest absolute Gasteiger partial charge is 0.261 e. The maximum absolute atomic E-state index is 12.7. The molecule has 0 aromatic heterocycles. The average Bonchev–Trinajstić information content (AvgIpc) is 2.61. The highest BCUT2D eigenvalue weighted by molar-refractivity contribution is 7.85. The van der Waals surface area contributed by atoms with Gasteiger partial charge >= 0.3 is 0 Å². The first-order chi connectivity index (χ1) is 12.6. The highest BCUT2D eigenvalue weighted by Gasteiger charge is 2.38. The van der Waals surface area contributed by atoms with Crippen LogP contribution >= 0.6 is 0 Å². The number of rotatable bonds is 3. The highest BCUT2D eigenvalue weighted by atomic mass is 32.2. The first-order valence-electron chi connectivity index (χ1n) is 7.83. The summed E-state index contributed by atoms with van der Waals surface area (Å²) in [6.07, 6.45) is 0. The lowest BCUT2D eigenvalue weighted by Gasteiger charge is -2.30. The van der Waals surface area contributed by atoms with Gasteiger partial charge in [-0.15, -0.1) is 0 Å². The Morgan fingerprint density at radius 2 is 1.15 bits per heavy atom. The number of hydrogen-bond donors (Lipinski definition) is 0. The van der Waals surface area contributed by atoms with Crippen LogP contribution in [0.2, 0.25) is 0 Å². The molecule has 2 aliphatic rings. The largest absolute Gasteiger partial charge is 0.748 e. The number of nitrogens with zero attached hydrogens (tertiary/aromatic N) is 2. The molecule has 10 heteroatoms. The SMILES string of the molecule is CN1C(=O)c2ccc3c4c(ccc(c24)C1=O)C(=O)N(CCS(=O)(=O)[O-])C3=O. The van der Waals surface area contributed by atoms with Crippen molar-refractivity contribution in [2.24, 2.45) is 0 Å². The first kappa shape index (κ1) is 17.3. The summed E-state index contributed by atoms with van der Waals surface area (Å²) in [6, 6.07) is 5.51. The summed E-state index contributed by atoms with van der Waals surface area (Å²) in [5, 5.41) is 0.423. The molecule has 0 fully saturated rings. The number of carbonyl (C=O) groups excluding carboxylic acids is 4. The fourth-order valence-corrected chi connectivity index (χ4v) is 3.86. The van der Waals surface area contributed by atoms with Crippen LogP contribution in [-0.4, -0.2) is 65.7 Å². The molecule has 0 spiro atoms. The molecule has 0 bridgehead atoms. The monoisotopic (exact) mass is 387 g/mol. The molecule has 0 unspecified atom stereocenters. The van der Waals surface area contributed by atoms with Crippen molar-refractivity contribution in [2.75, 3.05) is 19.3 Å². The van der Waals surface area contributed by atoms with E-state index in [2.05, 4.69) is 0 Å². The number of benzene rings is 2. The summed E-state index contributed by atoms with van der Waals surface area (Å²) < 4.78 is 32.6. The van der Waals surface area contributed by atoms with Gasteiger partial charge in [-0.05, 0) is 24.3 Å². The second-order valence-electron chi connectivity index (χ2n) is 6.26. The van der Waals surface area contributed by atoms with E-state index >= 15 is 0 Å². The van der Waals surface area contributed by atoms with E-state index in [-0.39, 0.29) is 33.0 Å². The molecule has 138 valence electrons. The van der Waals surface area contributed by atoms with Crippen molar-refractivity contribution in [3.05, 3.63) is 46.5 Å². The third-order valence-corrected chi connectivity index (χ3v) is 5.43. The lowest BCUT2D eigenvalue weighted by Crippen LogP contribution is -2.44. The molecule has 2 aliphatic heterocycles. The summed E-state index contributed by atoms with van der Waals surface area (Å²) in [5.74, 6) is -3.55. The van der Waals surface area contributed by atoms with Crippen molar-refractivity contribution in [3.63, 3.8) is 0 Å². The maximum atomic E-state index is 12.7. The molecule has 0 atom stereocenters. The summed E-state index contributed by atoms with van der Waals surface area (Å²) in [6.45, 7) is -0.575. The Kier molecular flexibility index (Phi) is 3.49. The summed E-state index contributed by atoms with van der Waals surface area (Å²) in [5.41, 5.74) is 0.532. The Labute approximate surface area is 152 Å². The normalized spacial score (nSPS) is 16.5. The van der Waals surface area contributed by atoms with Crippen LogP contribution in [0.25, 0.3) is 10.8 Å². The third-order valence-electron chi connectivity index (χ3n) is 4.75. The summed E-state index contributed by atoms with van der Waals surface area (Å²) >= 11 is 0. The van der Waals surface area contributed by atoms with Crippen molar-refractivity contribution in [1.29, 1.82) is 0 Å². The van der Waals surface area contributed by atoms with Gasteiger partial charge < -0.3 is 4.55 Å². The van der Waals surface area contributed by atoms with Gasteiger partial charge in [-0.2, -0.15) is 0 Å². The van der Waals surface area contributed by atoms with Gasteiger partial charge in [0.15, 0.2) is 0 Å². The fraction of sp³-hybridized carbons (Fsp3) is 0.176. The van der Waals surface area contributed by atoms with Crippen LogP contribution in [0.5, 0.6) is 0 Å². The predicted octanol–water partition coefficient (Wildman–Crippen LogP) is 0.207. The second kappa shape index (κ2) is 5.44. The van der Waals surface area contributed by atoms with Gasteiger partial charge in [0.05, 0.1) is 15.9 Å². The van der Waals surface area contributed by atoms with Crippen LogP contribution in [0, 0.1) is 0 Å². The van der Waals surface area contributed by atoms with Gasteiger partial charge in [0.25, 0.3) is 23.6 Å². The molecule has 2 aromatic rings. The predicted molar refractivity (Wildman–Crippen MR) is 90.3 cm³/mol. The van der Waals surface area contributed by atoms with Crippen LogP contribution in [0.1, 0.15) is 41.4 Å². The van der Waals surface area contributed by atoms with Crippen molar-refractivity contribution >= 4 is 44.5 Å². The molecule has 0 saturated heterocycles. The van der Waals surface area contributed by atoms with E-state index in [9.17, 15) is 32.1 Å². The molecule has 27 heavy (non-hydrogen) atoms. The van der Waals surface area contributed by atoms with Crippen LogP contribution in [0.4, 0.5) is 0 Å². The Morgan fingerprint density at radius 3 is 1.52 bits per heavy atom. The molecular weight excluding hydrogens is 376 g/mol. The van der Waals surface area contributed by atoms with Gasteiger partial charge in [-0.25, -0.2) is 8.42 Å². The van der Waals surface area contributed by atoms with Crippen molar-refractivity contribution in [2.45, 2.75) is 0 Å². The van der Waals surface area contributed by atoms with Crippen molar-refractivity contribution in [3.8, 4) is 0 Å². The van der Waals surface area contributed by atoms with Gasteiger partial charge in [0, 0.05) is 46.6 Å². The summed E-state index contributed by atoms with van der Waals surface area (Å²) in [4.78, 5) is 51.9. The van der Waals surface area contributed by atoms with E-state index in [4.69, 9.17) is 0 Å². The van der Waals surface area contributed by atoms with Crippen LogP contribution in [0.3, 0.4) is 0 Å². The fourth-order valence-electron chi connectivity index (χ4n) is 3.45. The Balaban J connectivity index is 1.95. The molecule has 0 saturated carbocycles. The molecule has 0 aliphatic carbocycles. The van der Waals surface area contributed by atoms with Crippen LogP contribution in [0.15, 0.2) is 24.3 Å². The van der Waals surface area contributed by atoms with E-state index in [1.54, 1.807) is 0 Å². The van der Waals surface area contributed by atoms with E-state index in [0.717, 1.165) is 4.90 Å². The van der Waals surface area contributed by atoms with E-state index in [1.807, 2.05) is 0 Å². The molecule has 4 rings (SSSR count). The van der Waals surface area contributed by atoms with E-state index in [0.29, 0.717) is 4.90 Å². The van der Waals surface area contributed by atoms with Crippen LogP contribution in [-0.2, 0) is 10.1 Å². The van der Waals surface area contributed by atoms with E-state index in [1.165, 1.54) is 31.3 Å². The maximum Gasteiger partial charge on any atom is 0.261 e. The number of carbonyl (C=O) groups is 4. The standard InChI is InChI=1S/C17H12N2O7S/c1-18-14(20)8-2-4-10-13-11(5-3-9(12(8)13)15(18)21)17(23)19(16(10)22)6-7-27(24,25)26/h2-5H,6-7H2,1H3,(H,24,25,26)/p-1. The lowest BCUT2D eigenvalue weighted by atomic mass is 9.86. The van der Waals surface area contributed by atoms with Gasteiger partial charge in [-0.1, -0.05) is 0 Å². The van der Waals surface area contributed by atoms with Crippen molar-refractivity contribution < 1.29 is 32.1 Å². The molecule has 4 amide bonds. The minimum Gasteiger partial charge on any atom is -0.748 e. The molecule has 2 aromatic carbocycles. The van der Waals surface area contributed by atoms with Gasteiger partial charge in [-0.3, -0.25) is 29.0 Å². The molecule has 0 N–H and O–H groups in total. The van der Waals surface area contributed by atoms with Crippen LogP contribution < -0.4 is 0 Å². The van der Waals surface area contributed by atoms with Gasteiger partial charge in [0.1, 0.15) is 0 Å². The zero-order valence-electron chi connectivity index (χ0n) is 13.9. The number of imide groups is 2. The molecular formula is C17H11N2O7S-. The average molecular weight is 387 g/mol. The first-order valence-corrected chi connectivity index (χ1v) is 9.41. The third kappa shape index (κ3) is 2.37. The van der Waals surface area contributed by atoms with E-state index < -0.39 is 46.0 Å². The Morgan fingerprint density at radius 1 is 0.778 bits per heavy atom. The molecule has 9 nitrogen and oxygen atoms in total. The number of amides is 4. The molecule has 2 heterocycles. The zero-order chi connectivity index (χ0) is 19.7. The highest BCUT2D eigenvalue weighted by Crippen LogP contribution is 2.37. The lowest BCUT2D eigenvalue weighted by molar-refractivity contribution is 0.0609. The topological polar surface area (TPSA) is 132 Å². The summed E-state index contributed by atoms with van der Waals surface area (Å²) in [7, 11) is -3.28. The minimum absolute atomic E-state index is 0.0682.